The van der Waals surface area contributed by atoms with Crippen LogP contribution in [0.4, 0.5) is 16.2 Å². The highest BCUT2D eigenvalue weighted by atomic mass is 16.2. The number of amides is 2. The fourth-order valence-electron chi connectivity index (χ4n) is 2.40. The Morgan fingerprint density at radius 1 is 0.680 bits per heavy atom. The summed E-state index contributed by atoms with van der Waals surface area (Å²) in [6.07, 6.45) is 0. The maximum atomic E-state index is 12.0. The summed E-state index contributed by atoms with van der Waals surface area (Å²) in [7, 11) is 0. The second-order valence-electron chi connectivity index (χ2n) is 5.66. The summed E-state index contributed by atoms with van der Waals surface area (Å²) >= 11 is 0. The van der Waals surface area contributed by atoms with E-state index in [-0.39, 0.29) is 17.3 Å². The Labute approximate surface area is 145 Å². The average molecular weight is 338 g/mol. The van der Waals surface area contributed by atoms with Crippen LogP contribution >= 0.6 is 0 Å². The monoisotopic (exact) mass is 338 g/mol. The third kappa shape index (κ3) is 3.98. The van der Waals surface area contributed by atoms with Gasteiger partial charge in [0.2, 0.25) is 0 Å². The summed E-state index contributed by atoms with van der Waals surface area (Å²) in [5.74, 6) is -0.573. The molecule has 2 rings (SSSR count). The maximum Gasteiger partial charge on any atom is 0.323 e. The predicted molar refractivity (Wildman–Crippen MR) is 94.6 cm³/mol. The molecule has 0 saturated carbocycles. The van der Waals surface area contributed by atoms with Crippen molar-refractivity contribution in [3.8, 4) is 0 Å². The number of ketones is 3. The molecule has 2 aromatic carbocycles. The summed E-state index contributed by atoms with van der Waals surface area (Å²) < 4.78 is 0. The average Bonchev–Trinajstić information content (AvgIpc) is 2.54. The van der Waals surface area contributed by atoms with E-state index in [1.165, 1.54) is 43.9 Å². The van der Waals surface area contributed by atoms with Crippen LogP contribution in [0, 0.1) is 0 Å². The van der Waals surface area contributed by atoms with Crippen molar-refractivity contribution in [2.45, 2.75) is 20.8 Å². The van der Waals surface area contributed by atoms with Crippen LogP contribution in [-0.2, 0) is 0 Å². The van der Waals surface area contributed by atoms with Crippen LogP contribution in [0.3, 0.4) is 0 Å². The van der Waals surface area contributed by atoms with Crippen molar-refractivity contribution in [3.05, 3.63) is 59.2 Å². The molecule has 0 unspecified atom stereocenters. The van der Waals surface area contributed by atoms with Gasteiger partial charge >= 0.3 is 6.03 Å². The van der Waals surface area contributed by atoms with Crippen LogP contribution in [0.2, 0.25) is 0 Å². The Morgan fingerprint density at radius 2 is 1.12 bits per heavy atom. The summed E-state index contributed by atoms with van der Waals surface area (Å²) in [6.45, 7) is 4.19. The molecule has 0 aromatic heterocycles. The molecule has 0 aliphatic carbocycles. The van der Waals surface area contributed by atoms with Gasteiger partial charge in [-0.25, -0.2) is 4.79 Å². The molecule has 0 radical (unpaired) electrons. The van der Waals surface area contributed by atoms with Crippen LogP contribution in [0.5, 0.6) is 0 Å². The number of primary amides is 1. The number of urea groups is 1. The number of rotatable bonds is 5. The topological polar surface area (TPSA) is 97.5 Å². The SMILES string of the molecule is CC(=O)c1ccc(N(C(N)=O)c2cc(C(C)=O)cc(C(C)=O)c2)cc1. The highest BCUT2D eigenvalue weighted by Crippen LogP contribution is 2.28. The molecule has 0 fully saturated rings. The van der Waals surface area contributed by atoms with Crippen molar-refractivity contribution in [1.82, 2.24) is 0 Å². The molecule has 2 aromatic rings. The molecule has 0 spiro atoms. The van der Waals surface area contributed by atoms with Crippen LogP contribution in [0.1, 0.15) is 51.8 Å². The molecule has 0 heterocycles. The van der Waals surface area contributed by atoms with E-state index in [2.05, 4.69) is 0 Å². The molecule has 2 amide bonds. The number of nitrogens with zero attached hydrogens (tertiary/aromatic N) is 1. The molecule has 0 aliphatic rings. The Bertz CT molecular complexity index is 837. The largest absolute Gasteiger partial charge is 0.351 e. The summed E-state index contributed by atoms with van der Waals surface area (Å²) in [4.78, 5) is 48.0. The van der Waals surface area contributed by atoms with Crippen molar-refractivity contribution in [2.75, 3.05) is 4.90 Å². The number of anilines is 2. The van der Waals surface area contributed by atoms with Gasteiger partial charge in [0.15, 0.2) is 17.3 Å². The van der Waals surface area contributed by atoms with Gasteiger partial charge in [0, 0.05) is 16.7 Å². The van der Waals surface area contributed by atoms with E-state index >= 15 is 0 Å². The van der Waals surface area contributed by atoms with Crippen molar-refractivity contribution in [1.29, 1.82) is 0 Å². The Morgan fingerprint density at radius 3 is 1.48 bits per heavy atom. The van der Waals surface area contributed by atoms with Gasteiger partial charge in [0.05, 0.1) is 11.4 Å². The number of hydrogen-bond acceptors (Lipinski definition) is 4. The lowest BCUT2D eigenvalue weighted by Gasteiger charge is -2.22. The zero-order valence-corrected chi connectivity index (χ0v) is 14.2. The molecule has 0 aliphatic heterocycles. The minimum atomic E-state index is -0.772. The van der Waals surface area contributed by atoms with Gasteiger partial charge in [-0.2, -0.15) is 0 Å². The third-order valence-corrected chi connectivity index (χ3v) is 3.74. The quantitative estimate of drug-likeness (QED) is 0.843. The van der Waals surface area contributed by atoms with E-state index in [0.29, 0.717) is 28.1 Å². The first-order valence-electron chi connectivity index (χ1n) is 7.58. The Balaban J connectivity index is 2.60. The highest BCUT2D eigenvalue weighted by molar-refractivity contribution is 6.05. The first-order valence-corrected chi connectivity index (χ1v) is 7.58. The van der Waals surface area contributed by atoms with Gasteiger partial charge in [0.1, 0.15) is 0 Å². The molecule has 128 valence electrons. The van der Waals surface area contributed by atoms with Crippen molar-refractivity contribution >= 4 is 34.8 Å². The Hall–Kier alpha value is -3.28. The number of benzene rings is 2. The molecule has 25 heavy (non-hydrogen) atoms. The molecule has 6 heteroatoms. The number of nitrogens with two attached hydrogens (primary N) is 1. The van der Waals surface area contributed by atoms with E-state index < -0.39 is 6.03 Å². The summed E-state index contributed by atoms with van der Waals surface area (Å²) in [5, 5.41) is 0. The van der Waals surface area contributed by atoms with E-state index in [1.54, 1.807) is 24.3 Å². The Kier molecular flexibility index (Phi) is 5.12. The molecule has 2 N–H and O–H groups in total. The normalized spacial score (nSPS) is 10.2. The lowest BCUT2D eigenvalue weighted by atomic mass is 10.0. The number of Topliss-reactive ketones (excluding diaryl/α,β-unsaturated/α-hetero) is 3. The van der Waals surface area contributed by atoms with E-state index in [0.717, 1.165) is 0 Å². The van der Waals surface area contributed by atoms with Gasteiger partial charge < -0.3 is 5.73 Å². The van der Waals surface area contributed by atoms with Crippen LogP contribution in [-0.4, -0.2) is 23.4 Å². The van der Waals surface area contributed by atoms with Gasteiger partial charge in [-0.1, -0.05) is 0 Å². The van der Waals surface area contributed by atoms with E-state index in [4.69, 9.17) is 5.73 Å². The van der Waals surface area contributed by atoms with Gasteiger partial charge in [0.25, 0.3) is 0 Å². The fourth-order valence-corrected chi connectivity index (χ4v) is 2.40. The predicted octanol–water partition coefficient (Wildman–Crippen LogP) is 3.51. The zero-order chi connectivity index (χ0) is 18.7. The minimum Gasteiger partial charge on any atom is -0.351 e. The standard InChI is InChI=1S/C19H18N2O4/c1-11(22)14-4-6-17(7-5-14)21(19(20)25)18-9-15(12(2)23)8-16(10-18)13(3)24/h4-10H,1-3H3,(H2,20,25). The molecule has 6 nitrogen and oxygen atoms in total. The lowest BCUT2D eigenvalue weighted by molar-refractivity contribution is 0.100. The maximum absolute atomic E-state index is 12.0. The molecule has 0 bridgehead atoms. The lowest BCUT2D eigenvalue weighted by Crippen LogP contribution is -2.31. The molecular weight excluding hydrogens is 320 g/mol. The van der Waals surface area contributed by atoms with Crippen LogP contribution < -0.4 is 10.6 Å². The number of carbonyl (C=O) groups is 4. The smallest absolute Gasteiger partial charge is 0.323 e. The second-order valence-corrected chi connectivity index (χ2v) is 5.66. The van der Waals surface area contributed by atoms with Crippen LogP contribution in [0.25, 0.3) is 0 Å². The van der Waals surface area contributed by atoms with Gasteiger partial charge in [-0.15, -0.1) is 0 Å². The second kappa shape index (κ2) is 7.09. The summed E-state index contributed by atoms with van der Waals surface area (Å²) in [6, 6.07) is 10.0. The van der Waals surface area contributed by atoms with Crippen molar-refractivity contribution in [2.24, 2.45) is 5.73 Å². The third-order valence-electron chi connectivity index (χ3n) is 3.74. The van der Waals surface area contributed by atoms with Gasteiger partial charge in [-0.05, 0) is 63.2 Å². The number of hydrogen-bond donors (Lipinski definition) is 1. The van der Waals surface area contributed by atoms with Gasteiger partial charge in [-0.3, -0.25) is 19.3 Å². The number of carbonyl (C=O) groups excluding carboxylic acids is 4. The zero-order valence-electron chi connectivity index (χ0n) is 14.2. The first-order chi connectivity index (χ1) is 11.7. The molecular formula is C19H18N2O4. The highest BCUT2D eigenvalue weighted by Gasteiger charge is 2.18. The van der Waals surface area contributed by atoms with Crippen LogP contribution in [0.15, 0.2) is 42.5 Å². The molecule has 0 atom stereocenters. The minimum absolute atomic E-state index is 0.102. The van der Waals surface area contributed by atoms with E-state index in [9.17, 15) is 19.2 Å². The van der Waals surface area contributed by atoms with E-state index in [1.807, 2.05) is 0 Å². The van der Waals surface area contributed by atoms with Crippen molar-refractivity contribution in [3.63, 3.8) is 0 Å². The summed E-state index contributed by atoms with van der Waals surface area (Å²) in [5.41, 5.74) is 7.33. The molecule has 0 saturated heterocycles. The fraction of sp³-hybridized carbons (Fsp3) is 0.158. The van der Waals surface area contributed by atoms with Crippen molar-refractivity contribution < 1.29 is 19.2 Å². The first kappa shape index (κ1) is 18.1.